The monoisotopic (exact) mass is 526 g/mol. The highest BCUT2D eigenvalue weighted by Crippen LogP contribution is 2.18. The van der Waals surface area contributed by atoms with Gasteiger partial charge < -0.3 is 15.0 Å². The lowest BCUT2D eigenvalue weighted by Gasteiger charge is -2.32. The smallest absolute Gasteiger partial charge is 0.261 e. The van der Waals surface area contributed by atoms with Crippen LogP contribution in [-0.4, -0.2) is 35.4 Å². The summed E-state index contributed by atoms with van der Waals surface area (Å²) in [4.78, 5) is 28.2. The number of amides is 2. The fourth-order valence-corrected chi connectivity index (χ4v) is 3.74. The van der Waals surface area contributed by atoms with Crippen molar-refractivity contribution in [3.63, 3.8) is 0 Å². The number of nitrogens with zero attached hydrogens (tertiary/aromatic N) is 1. The van der Waals surface area contributed by atoms with E-state index in [1.165, 1.54) is 24.3 Å². The Kier molecular flexibility index (Phi) is 9.22. The molecule has 0 spiro atoms. The van der Waals surface area contributed by atoms with Crippen LogP contribution in [0.1, 0.15) is 25.0 Å². The molecule has 0 aliphatic carbocycles. The van der Waals surface area contributed by atoms with Gasteiger partial charge >= 0.3 is 0 Å². The Morgan fingerprint density at radius 3 is 2.21 bits per heavy atom. The summed E-state index contributed by atoms with van der Waals surface area (Å²) in [6, 6.07) is 21.9. The quantitative estimate of drug-likeness (QED) is 0.398. The maximum absolute atomic E-state index is 13.4. The largest absolute Gasteiger partial charge is 0.484 e. The minimum Gasteiger partial charge on any atom is -0.484 e. The van der Waals surface area contributed by atoms with Crippen LogP contribution < -0.4 is 10.1 Å². The molecular formula is C27H28BrFN2O3. The van der Waals surface area contributed by atoms with Gasteiger partial charge in [-0.25, -0.2) is 4.39 Å². The van der Waals surface area contributed by atoms with Gasteiger partial charge in [0.1, 0.15) is 17.6 Å². The predicted octanol–water partition coefficient (Wildman–Crippen LogP) is 5.13. The first-order valence-corrected chi connectivity index (χ1v) is 11.9. The van der Waals surface area contributed by atoms with Crippen LogP contribution in [0.3, 0.4) is 0 Å². The molecule has 0 aliphatic rings. The van der Waals surface area contributed by atoms with Crippen molar-refractivity contribution >= 4 is 27.7 Å². The van der Waals surface area contributed by atoms with Gasteiger partial charge in [0, 0.05) is 23.5 Å². The summed E-state index contributed by atoms with van der Waals surface area (Å²) in [6.07, 6.45) is 0.359. The minimum atomic E-state index is -0.738. The van der Waals surface area contributed by atoms with Gasteiger partial charge in [-0.15, -0.1) is 0 Å². The van der Waals surface area contributed by atoms with Crippen LogP contribution in [0.2, 0.25) is 0 Å². The highest BCUT2D eigenvalue weighted by Gasteiger charge is 2.31. The van der Waals surface area contributed by atoms with Crippen LogP contribution in [0.5, 0.6) is 5.75 Å². The zero-order valence-electron chi connectivity index (χ0n) is 19.2. The number of benzene rings is 3. The van der Waals surface area contributed by atoms with Crippen LogP contribution in [0.4, 0.5) is 4.39 Å². The molecule has 34 heavy (non-hydrogen) atoms. The first-order chi connectivity index (χ1) is 16.3. The molecule has 0 saturated carbocycles. The molecule has 0 heterocycles. The number of nitrogens with one attached hydrogen (secondary N) is 1. The van der Waals surface area contributed by atoms with E-state index in [0.717, 1.165) is 15.6 Å². The second-order valence-electron chi connectivity index (χ2n) is 8.26. The van der Waals surface area contributed by atoms with E-state index in [1.54, 1.807) is 4.90 Å². The number of halogens is 2. The lowest BCUT2D eigenvalue weighted by molar-refractivity contribution is -0.143. The predicted molar refractivity (Wildman–Crippen MR) is 134 cm³/mol. The summed E-state index contributed by atoms with van der Waals surface area (Å²) in [5.41, 5.74) is 1.83. The lowest BCUT2D eigenvalue weighted by Crippen LogP contribution is -2.52. The summed E-state index contributed by atoms with van der Waals surface area (Å²) in [5, 5.41) is 2.95. The Bertz CT molecular complexity index is 1070. The van der Waals surface area contributed by atoms with Gasteiger partial charge in [-0.2, -0.15) is 0 Å². The van der Waals surface area contributed by atoms with E-state index >= 15 is 0 Å². The van der Waals surface area contributed by atoms with Gasteiger partial charge in [0.05, 0.1) is 0 Å². The van der Waals surface area contributed by atoms with Crippen molar-refractivity contribution in [3.8, 4) is 5.75 Å². The summed E-state index contributed by atoms with van der Waals surface area (Å²) in [7, 11) is 0. The number of hydrogen-bond donors (Lipinski definition) is 1. The molecule has 3 aromatic rings. The van der Waals surface area contributed by atoms with Crippen molar-refractivity contribution in [1.29, 1.82) is 0 Å². The van der Waals surface area contributed by atoms with Gasteiger partial charge in [0.2, 0.25) is 5.91 Å². The molecule has 2 amide bonds. The van der Waals surface area contributed by atoms with Crippen LogP contribution in [0.25, 0.3) is 0 Å². The SMILES string of the molecule is CC(C)NC(=O)[C@H](Cc1ccccc1)N(Cc1ccc(Br)cc1)C(=O)COc1ccc(F)cc1. The zero-order chi connectivity index (χ0) is 24.5. The Hall–Kier alpha value is -3.19. The normalized spacial score (nSPS) is 11.7. The molecule has 0 bridgehead atoms. The van der Waals surface area contributed by atoms with Crippen LogP contribution >= 0.6 is 15.9 Å². The average Bonchev–Trinajstić information content (AvgIpc) is 2.82. The number of rotatable bonds is 10. The fraction of sp³-hybridized carbons (Fsp3) is 0.259. The maximum Gasteiger partial charge on any atom is 0.261 e. The molecular weight excluding hydrogens is 499 g/mol. The molecule has 7 heteroatoms. The van der Waals surface area contributed by atoms with E-state index in [-0.39, 0.29) is 36.8 Å². The molecule has 0 unspecified atom stereocenters. The fourth-order valence-electron chi connectivity index (χ4n) is 3.48. The first-order valence-electron chi connectivity index (χ1n) is 11.1. The molecule has 0 aliphatic heterocycles. The summed E-state index contributed by atoms with van der Waals surface area (Å²) in [6.45, 7) is 3.73. The lowest BCUT2D eigenvalue weighted by atomic mass is 10.0. The van der Waals surface area contributed by atoms with Gasteiger partial charge in [0.15, 0.2) is 6.61 Å². The van der Waals surface area contributed by atoms with E-state index in [1.807, 2.05) is 68.4 Å². The maximum atomic E-state index is 13.4. The molecule has 0 aromatic heterocycles. The van der Waals surface area contributed by atoms with E-state index in [4.69, 9.17) is 4.74 Å². The van der Waals surface area contributed by atoms with Gasteiger partial charge in [-0.05, 0) is 61.4 Å². The summed E-state index contributed by atoms with van der Waals surface area (Å²) >= 11 is 3.43. The van der Waals surface area contributed by atoms with E-state index in [0.29, 0.717) is 12.2 Å². The molecule has 3 aromatic carbocycles. The van der Waals surface area contributed by atoms with Crippen molar-refractivity contribution in [2.24, 2.45) is 0 Å². The Labute approximate surface area is 208 Å². The second kappa shape index (κ2) is 12.3. The van der Waals surface area contributed by atoms with E-state index in [9.17, 15) is 14.0 Å². The van der Waals surface area contributed by atoms with Crippen molar-refractivity contribution in [1.82, 2.24) is 10.2 Å². The van der Waals surface area contributed by atoms with E-state index in [2.05, 4.69) is 21.2 Å². The van der Waals surface area contributed by atoms with E-state index < -0.39 is 6.04 Å². The topological polar surface area (TPSA) is 58.6 Å². The molecule has 178 valence electrons. The van der Waals surface area contributed by atoms with Gasteiger partial charge in [-0.3, -0.25) is 9.59 Å². The van der Waals surface area contributed by atoms with Crippen molar-refractivity contribution < 1.29 is 18.7 Å². The summed E-state index contributed by atoms with van der Waals surface area (Å²) < 4.78 is 19.8. The van der Waals surface area contributed by atoms with Crippen molar-refractivity contribution in [2.75, 3.05) is 6.61 Å². The Morgan fingerprint density at radius 1 is 0.941 bits per heavy atom. The van der Waals surface area contributed by atoms with Crippen molar-refractivity contribution in [2.45, 2.75) is 38.9 Å². The average molecular weight is 527 g/mol. The standard InChI is InChI=1S/C27H28BrFN2O3/c1-19(2)30-27(33)25(16-20-6-4-3-5-7-20)31(17-21-8-10-22(28)11-9-21)26(32)18-34-24-14-12-23(29)13-15-24/h3-15,19,25H,16-18H2,1-2H3,(H,30,33)/t25-/m0/s1. The van der Waals surface area contributed by atoms with Crippen LogP contribution in [-0.2, 0) is 22.6 Å². The molecule has 0 fully saturated rings. The van der Waals surface area contributed by atoms with Gasteiger partial charge in [-0.1, -0.05) is 58.4 Å². The zero-order valence-corrected chi connectivity index (χ0v) is 20.8. The Morgan fingerprint density at radius 2 is 1.59 bits per heavy atom. The molecule has 0 saturated heterocycles. The third-order valence-electron chi connectivity index (χ3n) is 5.14. The second-order valence-corrected chi connectivity index (χ2v) is 9.18. The highest BCUT2D eigenvalue weighted by atomic mass is 79.9. The molecule has 1 N–H and O–H groups in total. The number of carbonyl (C=O) groups excluding carboxylic acids is 2. The summed E-state index contributed by atoms with van der Waals surface area (Å²) in [5.74, 6) is -0.577. The molecule has 5 nitrogen and oxygen atoms in total. The molecule has 0 radical (unpaired) electrons. The van der Waals surface area contributed by atoms with Crippen molar-refractivity contribution in [3.05, 3.63) is 100 Å². The van der Waals surface area contributed by atoms with Crippen LogP contribution in [0.15, 0.2) is 83.3 Å². The van der Waals surface area contributed by atoms with Crippen LogP contribution in [0, 0.1) is 5.82 Å². The molecule has 1 atom stereocenters. The first kappa shape index (κ1) is 25.4. The molecule has 3 rings (SSSR count). The minimum absolute atomic E-state index is 0.0779. The third-order valence-corrected chi connectivity index (χ3v) is 5.67. The third kappa shape index (κ3) is 7.70. The highest BCUT2D eigenvalue weighted by molar-refractivity contribution is 9.10. The Balaban J connectivity index is 1.89. The number of carbonyl (C=O) groups is 2. The van der Waals surface area contributed by atoms with Gasteiger partial charge in [0.25, 0.3) is 5.91 Å². The number of hydrogen-bond acceptors (Lipinski definition) is 3. The number of ether oxygens (including phenoxy) is 1.